The molecule has 2 bridgehead atoms. The minimum atomic E-state index is 0.398. The number of aliphatic hydroxyl groups is 1. The summed E-state index contributed by atoms with van der Waals surface area (Å²) in [6.45, 7) is 5.07. The average Bonchev–Trinajstić information content (AvgIpc) is 2.98. The molecule has 3 nitrogen and oxygen atoms in total. The van der Waals surface area contributed by atoms with Crippen LogP contribution in [0.5, 0.6) is 0 Å². The van der Waals surface area contributed by atoms with Crippen LogP contribution >= 0.6 is 0 Å². The van der Waals surface area contributed by atoms with Gasteiger partial charge >= 0.3 is 0 Å². The predicted molar refractivity (Wildman–Crippen MR) is 55.0 cm³/mol. The Kier molecular flexibility index (Phi) is 2.26. The molecule has 1 aliphatic carbocycles. The highest BCUT2D eigenvalue weighted by Gasteiger charge is 2.42. The maximum absolute atomic E-state index is 9.39. The summed E-state index contributed by atoms with van der Waals surface area (Å²) in [5, 5.41) is 12.9. The van der Waals surface area contributed by atoms with Gasteiger partial charge in [0.1, 0.15) is 0 Å². The van der Waals surface area contributed by atoms with Gasteiger partial charge < -0.3 is 10.4 Å². The highest BCUT2D eigenvalue weighted by Crippen LogP contribution is 2.36. The first-order chi connectivity index (χ1) is 6.88. The van der Waals surface area contributed by atoms with Gasteiger partial charge in [0.2, 0.25) is 0 Å². The van der Waals surface area contributed by atoms with Crippen LogP contribution in [0, 0.1) is 17.8 Å². The fraction of sp³-hybridized carbons (Fsp3) is 1.00. The van der Waals surface area contributed by atoms with Gasteiger partial charge in [0, 0.05) is 25.7 Å². The minimum absolute atomic E-state index is 0.398. The van der Waals surface area contributed by atoms with E-state index in [1.165, 1.54) is 25.9 Å². The second kappa shape index (κ2) is 3.47. The van der Waals surface area contributed by atoms with E-state index in [1.807, 2.05) is 0 Å². The van der Waals surface area contributed by atoms with Crippen molar-refractivity contribution < 1.29 is 5.11 Å². The van der Waals surface area contributed by atoms with Gasteiger partial charge in [-0.1, -0.05) is 0 Å². The molecule has 3 rings (SSSR count). The van der Waals surface area contributed by atoms with Crippen molar-refractivity contribution >= 4 is 0 Å². The molecule has 2 unspecified atom stereocenters. The summed E-state index contributed by atoms with van der Waals surface area (Å²) in [5.41, 5.74) is 0. The summed E-state index contributed by atoms with van der Waals surface area (Å²) in [6, 6.07) is 0.901. The van der Waals surface area contributed by atoms with Crippen LogP contribution in [0.25, 0.3) is 0 Å². The van der Waals surface area contributed by atoms with E-state index in [4.69, 9.17) is 0 Å². The lowest BCUT2D eigenvalue weighted by Gasteiger charge is -2.47. The Hall–Kier alpha value is -0.120. The molecule has 1 saturated carbocycles. The van der Waals surface area contributed by atoms with E-state index in [-0.39, 0.29) is 0 Å². The van der Waals surface area contributed by atoms with Crippen molar-refractivity contribution in [2.75, 3.05) is 32.8 Å². The molecule has 3 aliphatic rings. The Morgan fingerprint density at radius 1 is 1.14 bits per heavy atom. The van der Waals surface area contributed by atoms with E-state index in [9.17, 15) is 5.11 Å². The summed E-state index contributed by atoms with van der Waals surface area (Å²) in [5.74, 6) is 1.98. The predicted octanol–water partition coefficient (Wildman–Crippen LogP) is -0.0915. The van der Waals surface area contributed by atoms with Crippen LogP contribution in [0.4, 0.5) is 0 Å². The van der Waals surface area contributed by atoms with E-state index in [2.05, 4.69) is 10.2 Å². The second-order valence-corrected chi connectivity index (χ2v) is 5.21. The first-order valence-electron chi connectivity index (χ1n) is 5.94. The summed E-state index contributed by atoms with van der Waals surface area (Å²) < 4.78 is 0. The highest BCUT2D eigenvalue weighted by molar-refractivity contribution is 4.96. The third-order valence-corrected chi connectivity index (χ3v) is 4.24. The SMILES string of the molecule is OCC1C2CNCC1CN(C1CC1)C2. The molecule has 2 saturated heterocycles. The second-order valence-electron chi connectivity index (χ2n) is 5.21. The quantitative estimate of drug-likeness (QED) is 0.648. The average molecular weight is 196 g/mol. The van der Waals surface area contributed by atoms with Crippen molar-refractivity contribution in [1.29, 1.82) is 0 Å². The monoisotopic (exact) mass is 196 g/mol. The summed E-state index contributed by atoms with van der Waals surface area (Å²) in [7, 11) is 0. The number of hydrogen-bond donors (Lipinski definition) is 2. The van der Waals surface area contributed by atoms with Gasteiger partial charge in [-0.3, -0.25) is 4.90 Å². The molecule has 2 N–H and O–H groups in total. The minimum Gasteiger partial charge on any atom is -0.396 e. The number of fused-ring (bicyclic) bond motifs is 2. The largest absolute Gasteiger partial charge is 0.396 e. The van der Waals surface area contributed by atoms with Crippen molar-refractivity contribution in [3.8, 4) is 0 Å². The molecule has 3 heteroatoms. The standard InChI is InChI=1S/C11H20N2O/c14-7-11-8-3-12-4-9(11)6-13(5-8)10-1-2-10/h8-12,14H,1-7H2. The zero-order valence-electron chi connectivity index (χ0n) is 8.65. The number of nitrogens with one attached hydrogen (secondary N) is 1. The summed E-state index contributed by atoms with van der Waals surface area (Å²) >= 11 is 0. The smallest absolute Gasteiger partial charge is 0.0466 e. The molecule has 2 atom stereocenters. The molecule has 0 aromatic rings. The van der Waals surface area contributed by atoms with Crippen molar-refractivity contribution in [3.63, 3.8) is 0 Å². The first kappa shape index (κ1) is 9.13. The highest BCUT2D eigenvalue weighted by atomic mass is 16.3. The van der Waals surface area contributed by atoms with Crippen LogP contribution < -0.4 is 5.32 Å². The van der Waals surface area contributed by atoms with Crippen LogP contribution in [0.1, 0.15) is 12.8 Å². The fourth-order valence-electron chi connectivity index (χ4n) is 3.25. The van der Waals surface area contributed by atoms with Crippen molar-refractivity contribution in [1.82, 2.24) is 10.2 Å². The molecule has 0 spiro atoms. The van der Waals surface area contributed by atoms with Crippen molar-refractivity contribution in [3.05, 3.63) is 0 Å². The van der Waals surface area contributed by atoms with Crippen LogP contribution in [0.3, 0.4) is 0 Å². The Morgan fingerprint density at radius 2 is 1.79 bits per heavy atom. The maximum atomic E-state index is 9.39. The van der Waals surface area contributed by atoms with E-state index >= 15 is 0 Å². The number of piperidine rings is 2. The lowest BCUT2D eigenvalue weighted by atomic mass is 9.75. The van der Waals surface area contributed by atoms with Gasteiger partial charge in [-0.25, -0.2) is 0 Å². The Bertz CT molecular complexity index is 203. The van der Waals surface area contributed by atoms with Crippen LogP contribution in [0.2, 0.25) is 0 Å². The maximum Gasteiger partial charge on any atom is 0.0466 e. The van der Waals surface area contributed by atoms with Crippen LogP contribution in [-0.2, 0) is 0 Å². The first-order valence-corrected chi connectivity index (χ1v) is 5.94. The van der Waals surface area contributed by atoms with Crippen LogP contribution in [0.15, 0.2) is 0 Å². The third-order valence-electron chi connectivity index (χ3n) is 4.24. The van der Waals surface area contributed by atoms with Crippen molar-refractivity contribution in [2.45, 2.75) is 18.9 Å². The van der Waals surface area contributed by atoms with E-state index in [0.29, 0.717) is 24.4 Å². The molecule has 2 aliphatic heterocycles. The van der Waals surface area contributed by atoms with Gasteiger partial charge in [-0.15, -0.1) is 0 Å². The van der Waals surface area contributed by atoms with Crippen molar-refractivity contribution in [2.24, 2.45) is 17.8 Å². The summed E-state index contributed by atoms with van der Waals surface area (Å²) in [6.07, 6.45) is 2.83. The van der Waals surface area contributed by atoms with E-state index in [1.54, 1.807) is 0 Å². The topological polar surface area (TPSA) is 35.5 Å². The molecule has 2 heterocycles. The van der Waals surface area contributed by atoms with Gasteiger partial charge in [-0.2, -0.15) is 0 Å². The Balaban J connectivity index is 1.71. The van der Waals surface area contributed by atoms with E-state index < -0.39 is 0 Å². The molecule has 3 fully saturated rings. The number of likely N-dealkylation sites (tertiary alicyclic amines) is 1. The van der Waals surface area contributed by atoms with Gasteiger partial charge in [-0.05, 0) is 43.7 Å². The lowest BCUT2D eigenvalue weighted by Crippen LogP contribution is -2.57. The zero-order valence-corrected chi connectivity index (χ0v) is 8.65. The lowest BCUT2D eigenvalue weighted by molar-refractivity contribution is 0.000408. The van der Waals surface area contributed by atoms with Gasteiger partial charge in [0.05, 0.1) is 0 Å². The number of rotatable bonds is 2. The Labute approximate surface area is 85.5 Å². The molecule has 0 aromatic carbocycles. The third kappa shape index (κ3) is 1.47. The van der Waals surface area contributed by atoms with Gasteiger partial charge in [0.15, 0.2) is 0 Å². The van der Waals surface area contributed by atoms with E-state index in [0.717, 1.165) is 19.1 Å². The molecular weight excluding hydrogens is 176 g/mol. The molecule has 0 radical (unpaired) electrons. The number of hydrogen-bond acceptors (Lipinski definition) is 3. The Morgan fingerprint density at radius 3 is 2.29 bits per heavy atom. The zero-order chi connectivity index (χ0) is 9.54. The van der Waals surface area contributed by atoms with Gasteiger partial charge in [0.25, 0.3) is 0 Å². The van der Waals surface area contributed by atoms with Crippen LogP contribution in [-0.4, -0.2) is 48.8 Å². The number of aliphatic hydroxyl groups excluding tert-OH is 1. The molecule has 80 valence electrons. The normalized spacial score (nSPS) is 43.9. The number of nitrogens with zero attached hydrogens (tertiary/aromatic N) is 1. The molecule has 0 amide bonds. The molecule has 0 aromatic heterocycles. The molecular formula is C11H20N2O. The fourth-order valence-corrected chi connectivity index (χ4v) is 3.25. The summed E-state index contributed by atoms with van der Waals surface area (Å²) in [4.78, 5) is 2.67. The molecule has 14 heavy (non-hydrogen) atoms.